The minimum atomic E-state index is -2.26. The number of aliphatic hydroxyl groups is 1. The number of Topliss-reactive ketones (excluding diaryl/α,β-unsaturated/α-hetero) is 1. The van der Waals surface area contributed by atoms with Crippen molar-refractivity contribution in [1.82, 2.24) is 5.32 Å². The number of ether oxygens (including phenoxy) is 4. The van der Waals surface area contributed by atoms with Crippen molar-refractivity contribution in [3.05, 3.63) is 12.7 Å². The van der Waals surface area contributed by atoms with Crippen LogP contribution in [0.25, 0.3) is 0 Å². The van der Waals surface area contributed by atoms with Crippen LogP contribution >= 0.6 is 0 Å². The van der Waals surface area contributed by atoms with Crippen LogP contribution in [0.5, 0.6) is 0 Å². The van der Waals surface area contributed by atoms with Crippen molar-refractivity contribution in [3.8, 4) is 0 Å². The normalized spacial score (nSPS) is 20.9. The van der Waals surface area contributed by atoms with Gasteiger partial charge in [-0.15, -0.1) is 0 Å². The maximum Gasteiger partial charge on any atom is 0.509 e. The van der Waals surface area contributed by atoms with Crippen molar-refractivity contribution >= 4 is 26.2 Å². The lowest BCUT2D eigenvalue weighted by Gasteiger charge is -2.45. The maximum absolute atomic E-state index is 13.2. The standard InChI is InChI=1S/C40H75NO9Si/c1-9-12-14-16-18-20-21-23-25-27-32(42)30-34(43)41-35-37(46-29-26-24-22-19-17-15-13-10-2)36(50-39(45)47-28-11-3)33(49-38(35)44)31-48-51(7,8)40(4,5)6/h11,33,35-38,44H,3,9-10,12-31H2,1-2,4-8H3,(H,41,43)/t33-,35+,36-,37-,38+/m1/s1. The Kier molecular flexibility index (Phi) is 24.9. The van der Waals surface area contributed by atoms with Crippen molar-refractivity contribution in [2.75, 3.05) is 19.8 Å². The van der Waals surface area contributed by atoms with Gasteiger partial charge in [0.25, 0.3) is 0 Å². The maximum atomic E-state index is 13.2. The van der Waals surface area contributed by atoms with E-state index in [-0.39, 0.29) is 30.5 Å². The Morgan fingerprint density at radius 1 is 0.824 bits per heavy atom. The third-order valence-corrected chi connectivity index (χ3v) is 14.7. The number of amides is 1. The number of hydrogen-bond donors (Lipinski definition) is 2. The van der Waals surface area contributed by atoms with Gasteiger partial charge in [-0.2, -0.15) is 0 Å². The van der Waals surface area contributed by atoms with E-state index in [0.29, 0.717) is 13.0 Å². The molecule has 0 spiro atoms. The van der Waals surface area contributed by atoms with E-state index < -0.39 is 51.0 Å². The van der Waals surface area contributed by atoms with Gasteiger partial charge in [-0.1, -0.05) is 144 Å². The van der Waals surface area contributed by atoms with Crippen molar-refractivity contribution in [2.24, 2.45) is 0 Å². The molecule has 11 heteroatoms. The molecule has 2 N–H and O–H groups in total. The highest BCUT2D eigenvalue weighted by molar-refractivity contribution is 6.74. The first-order valence-corrected chi connectivity index (χ1v) is 23.0. The molecule has 1 amide bonds. The van der Waals surface area contributed by atoms with Crippen molar-refractivity contribution in [1.29, 1.82) is 0 Å². The molecule has 0 aromatic heterocycles. The lowest BCUT2D eigenvalue weighted by molar-refractivity contribution is -0.263. The average Bonchev–Trinajstić information content (AvgIpc) is 3.06. The van der Waals surface area contributed by atoms with Crippen LogP contribution in [0, 0.1) is 0 Å². The van der Waals surface area contributed by atoms with E-state index in [1.165, 1.54) is 70.3 Å². The second kappa shape index (κ2) is 26.9. The highest BCUT2D eigenvalue weighted by Gasteiger charge is 2.50. The topological polar surface area (TPSA) is 130 Å². The van der Waals surface area contributed by atoms with Gasteiger partial charge < -0.3 is 33.8 Å². The second-order valence-electron chi connectivity index (χ2n) is 15.8. The van der Waals surface area contributed by atoms with Crippen LogP contribution < -0.4 is 5.32 Å². The van der Waals surface area contributed by atoms with Gasteiger partial charge in [0.05, 0.1) is 13.0 Å². The predicted molar refractivity (Wildman–Crippen MR) is 206 cm³/mol. The number of rotatable bonds is 29. The summed E-state index contributed by atoms with van der Waals surface area (Å²) in [5.41, 5.74) is 0. The fourth-order valence-electron chi connectivity index (χ4n) is 5.92. The van der Waals surface area contributed by atoms with E-state index in [1.807, 2.05) is 0 Å². The highest BCUT2D eigenvalue weighted by Crippen LogP contribution is 2.37. The van der Waals surface area contributed by atoms with Crippen LogP contribution in [-0.4, -0.2) is 81.7 Å². The lowest BCUT2D eigenvalue weighted by Crippen LogP contribution is -2.66. The Morgan fingerprint density at radius 2 is 1.35 bits per heavy atom. The third kappa shape index (κ3) is 20.3. The molecule has 0 radical (unpaired) electrons. The zero-order valence-electron chi connectivity index (χ0n) is 33.4. The fourth-order valence-corrected chi connectivity index (χ4v) is 6.93. The summed E-state index contributed by atoms with van der Waals surface area (Å²) in [4.78, 5) is 38.7. The number of carbonyl (C=O) groups is 3. The molecular formula is C40H75NO9Si. The number of carbonyl (C=O) groups excluding carboxylic acids is 3. The quantitative estimate of drug-likeness (QED) is 0.0253. The van der Waals surface area contributed by atoms with E-state index >= 15 is 0 Å². The first-order valence-electron chi connectivity index (χ1n) is 20.1. The van der Waals surface area contributed by atoms with Gasteiger partial charge in [0.2, 0.25) is 5.91 Å². The fraction of sp³-hybridized carbons (Fsp3) is 0.875. The second-order valence-corrected chi connectivity index (χ2v) is 20.6. The molecule has 0 saturated carbocycles. The first kappa shape index (κ1) is 47.2. The minimum Gasteiger partial charge on any atom is -0.430 e. The molecule has 51 heavy (non-hydrogen) atoms. The summed E-state index contributed by atoms with van der Waals surface area (Å²) in [5, 5.41) is 14.0. The average molecular weight is 742 g/mol. The number of aliphatic hydroxyl groups excluding tert-OH is 1. The summed E-state index contributed by atoms with van der Waals surface area (Å²) in [6.07, 6.45) is 15.3. The molecule has 0 aromatic rings. The van der Waals surface area contributed by atoms with Crippen LogP contribution in [0.2, 0.25) is 18.1 Å². The number of hydrogen-bond acceptors (Lipinski definition) is 9. The molecule has 0 bridgehead atoms. The zero-order valence-corrected chi connectivity index (χ0v) is 34.4. The summed E-state index contributed by atoms with van der Waals surface area (Å²) in [7, 11) is -2.26. The molecule has 1 saturated heterocycles. The SMILES string of the molecule is C=CCOC(=O)O[C@H]1[C@H](OCCCCCCCCCC)[C@H](NC(=O)CC(=O)CCCCCCCCCCC)[C@@H](O)O[C@@H]1CO[Si](C)(C)C(C)(C)C. The van der Waals surface area contributed by atoms with Gasteiger partial charge in [-0.3, -0.25) is 9.59 Å². The molecule has 1 rings (SSSR count). The molecule has 298 valence electrons. The molecule has 0 unspecified atom stereocenters. The van der Waals surface area contributed by atoms with E-state index in [0.717, 1.165) is 44.9 Å². The number of ketones is 1. The van der Waals surface area contributed by atoms with E-state index in [4.69, 9.17) is 23.4 Å². The Hall–Kier alpha value is -1.79. The van der Waals surface area contributed by atoms with E-state index in [2.05, 4.69) is 59.6 Å². The van der Waals surface area contributed by atoms with Crippen molar-refractivity contribution in [2.45, 2.75) is 205 Å². The largest absolute Gasteiger partial charge is 0.509 e. The molecule has 0 aromatic carbocycles. The third-order valence-electron chi connectivity index (χ3n) is 10.2. The van der Waals surface area contributed by atoms with Crippen LogP contribution in [0.3, 0.4) is 0 Å². The number of nitrogens with one attached hydrogen (secondary N) is 1. The Morgan fingerprint density at radius 3 is 1.88 bits per heavy atom. The first-order chi connectivity index (χ1) is 24.3. The summed E-state index contributed by atoms with van der Waals surface area (Å²) in [6.45, 7) is 18.9. The summed E-state index contributed by atoms with van der Waals surface area (Å²) in [6, 6.07) is -1.09. The molecule has 1 heterocycles. The van der Waals surface area contributed by atoms with Crippen LogP contribution in [0.1, 0.15) is 157 Å². The molecule has 1 fully saturated rings. The van der Waals surface area contributed by atoms with Gasteiger partial charge in [0.1, 0.15) is 30.6 Å². The van der Waals surface area contributed by atoms with Gasteiger partial charge in [-0.25, -0.2) is 4.79 Å². The summed E-state index contributed by atoms with van der Waals surface area (Å²) < 4.78 is 29.8. The van der Waals surface area contributed by atoms with Crippen LogP contribution in [-0.2, 0) is 33.0 Å². The molecule has 10 nitrogen and oxygen atoms in total. The Balaban J connectivity index is 3.00. The molecule has 1 aliphatic rings. The van der Waals surface area contributed by atoms with Gasteiger partial charge >= 0.3 is 6.16 Å². The van der Waals surface area contributed by atoms with Crippen LogP contribution in [0.15, 0.2) is 12.7 Å². The van der Waals surface area contributed by atoms with Crippen molar-refractivity contribution < 1.29 is 42.9 Å². The van der Waals surface area contributed by atoms with E-state index in [9.17, 15) is 19.5 Å². The predicted octanol–water partition coefficient (Wildman–Crippen LogP) is 9.32. The van der Waals surface area contributed by atoms with Crippen molar-refractivity contribution in [3.63, 3.8) is 0 Å². The Labute approximate surface area is 311 Å². The molecule has 1 aliphatic heterocycles. The van der Waals surface area contributed by atoms with Crippen LogP contribution in [0.4, 0.5) is 4.79 Å². The summed E-state index contributed by atoms with van der Waals surface area (Å²) in [5.74, 6) is -0.687. The van der Waals surface area contributed by atoms with E-state index in [1.54, 1.807) is 0 Å². The molecular weight excluding hydrogens is 667 g/mol. The molecule has 0 aliphatic carbocycles. The Bertz CT molecular complexity index is 970. The minimum absolute atomic E-state index is 0.0441. The van der Waals surface area contributed by atoms with Gasteiger partial charge in [0, 0.05) is 13.0 Å². The molecule has 5 atom stereocenters. The number of unbranched alkanes of at least 4 members (excludes halogenated alkanes) is 15. The smallest absolute Gasteiger partial charge is 0.430 e. The monoisotopic (exact) mass is 742 g/mol. The lowest BCUT2D eigenvalue weighted by atomic mass is 9.96. The van der Waals surface area contributed by atoms with Gasteiger partial charge in [-0.05, 0) is 31.0 Å². The summed E-state index contributed by atoms with van der Waals surface area (Å²) >= 11 is 0. The van der Waals surface area contributed by atoms with Gasteiger partial charge in [0.15, 0.2) is 20.7 Å². The highest BCUT2D eigenvalue weighted by atomic mass is 28.4. The zero-order chi connectivity index (χ0) is 38.1.